The summed E-state index contributed by atoms with van der Waals surface area (Å²) in [5, 5.41) is 17.2. The number of thiol groups is 1. The van der Waals surface area contributed by atoms with Gasteiger partial charge in [-0.25, -0.2) is 4.79 Å². The molecule has 0 radical (unpaired) electrons. The lowest BCUT2D eigenvalue weighted by atomic mass is 10.1. The summed E-state index contributed by atoms with van der Waals surface area (Å²) in [5.41, 5.74) is 0. The topological polar surface area (TPSA) is 77.8 Å². The number of carboxylic acids is 2. The van der Waals surface area contributed by atoms with Crippen molar-refractivity contribution in [1.29, 1.82) is 0 Å². The molecule has 7 heteroatoms. The van der Waals surface area contributed by atoms with Crippen molar-refractivity contribution in [3.63, 3.8) is 0 Å². The number of likely N-dealkylation sites (N-methyl/N-ethyl adjacent to an activating group) is 1. The minimum absolute atomic E-state index is 0.00185. The summed E-state index contributed by atoms with van der Waals surface area (Å²) in [4.78, 5) is 22.2. The van der Waals surface area contributed by atoms with Gasteiger partial charge in [0.15, 0.2) is 0 Å². The number of hydrogen-bond donors (Lipinski definition) is 3. The minimum atomic E-state index is -1.11. The summed E-state index contributed by atoms with van der Waals surface area (Å²) >= 11 is 8.49. The maximum absolute atomic E-state index is 10.7. The van der Waals surface area contributed by atoms with E-state index in [2.05, 4.69) is 24.8 Å². The Morgan fingerprint density at radius 1 is 1.50 bits per heavy atom. The predicted octanol–water partition coefficient (Wildman–Crippen LogP) is 0.451. The van der Waals surface area contributed by atoms with Gasteiger partial charge >= 0.3 is 11.9 Å². The van der Waals surface area contributed by atoms with Gasteiger partial charge in [-0.1, -0.05) is 12.2 Å². The van der Waals surface area contributed by atoms with Crippen LogP contribution in [0.4, 0.5) is 0 Å². The minimum Gasteiger partial charge on any atom is -0.481 e. The van der Waals surface area contributed by atoms with Crippen LogP contribution in [-0.2, 0) is 9.59 Å². The molecule has 0 aliphatic carbocycles. The molecule has 1 atom stereocenters. The zero-order valence-corrected chi connectivity index (χ0v) is 9.22. The zero-order chi connectivity index (χ0) is 11.3. The van der Waals surface area contributed by atoms with Gasteiger partial charge in [0.1, 0.15) is 10.4 Å². The van der Waals surface area contributed by atoms with Crippen molar-refractivity contribution in [2.24, 2.45) is 0 Å². The quantitative estimate of drug-likeness (QED) is 0.476. The van der Waals surface area contributed by atoms with E-state index in [1.54, 1.807) is 0 Å². The van der Waals surface area contributed by atoms with Crippen LogP contribution in [0.1, 0.15) is 12.8 Å². The molecule has 0 saturated heterocycles. The van der Waals surface area contributed by atoms with E-state index in [1.807, 2.05) is 0 Å². The molecule has 0 bridgehead atoms. The van der Waals surface area contributed by atoms with Crippen molar-refractivity contribution in [1.82, 2.24) is 4.90 Å². The Hall–Kier alpha value is -0.820. The second kappa shape index (κ2) is 5.82. The van der Waals surface area contributed by atoms with E-state index in [0.29, 0.717) is 0 Å². The molecule has 0 amide bonds. The first-order chi connectivity index (χ1) is 6.36. The number of rotatable bonds is 5. The Morgan fingerprint density at radius 3 is 2.29 bits per heavy atom. The van der Waals surface area contributed by atoms with Crippen LogP contribution in [0, 0.1) is 0 Å². The fourth-order valence-electron chi connectivity index (χ4n) is 0.876. The molecule has 1 unspecified atom stereocenters. The second-order valence-electron chi connectivity index (χ2n) is 2.68. The lowest BCUT2D eigenvalue weighted by Crippen LogP contribution is -2.40. The van der Waals surface area contributed by atoms with Gasteiger partial charge in [-0.2, -0.15) is 0 Å². The van der Waals surface area contributed by atoms with Crippen molar-refractivity contribution >= 4 is 41.1 Å². The lowest BCUT2D eigenvalue weighted by Gasteiger charge is -2.24. The molecule has 2 N–H and O–H groups in total. The molecular formula is C7H11NO4S2. The summed E-state index contributed by atoms with van der Waals surface area (Å²) in [6.45, 7) is 0. The maximum Gasteiger partial charge on any atom is 0.326 e. The number of nitrogens with zero attached hydrogens (tertiary/aromatic N) is 1. The molecule has 14 heavy (non-hydrogen) atoms. The SMILES string of the molecule is CN(C(=S)S)C(CCC(=O)O)C(=O)O. The highest BCUT2D eigenvalue weighted by molar-refractivity contribution is 8.10. The number of aliphatic carboxylic acids is 2. The van der Waals surface area contributed by atoms with Gasteiger partial charge in [0.25, 0.3) is 0 Å². The second-order valence-corrected chi connectivity index (χ2v) is 3.79. The van der Waals surface area contributed by atoms with E-state index in [-0.39, 0.29) is 17.2 Å². The first-order valence-electron chi connectivity index (χ1n) is 3.76. The third-order valence-electron chi connectivity index (χ3n) is 1.69. The molecule has 0 heterocycles. The predicted molar refractivity (Wildman–Crippen MR) is 57.6 cm³/mol. The highest BCUT2D eigenvalue weighted by Gasteiger charge is 2.23. The summed E-state index contributed by atoms with van der Waals surface area (Å²) in [5.74, 6) is -2.14. The van der Waals surface area contributed by atoms with Crippen molar-refractivity contribution in [3.05, 3.63) is 0 Å². The number of hydrogen-bond acceptors (Lipinski definition) is 3. The van der Waals surface area contributed by atoms with Crippen molar-refractivity contribution < 1.29 is 19.8 Å². The first kappa shape index (κ1) is 13.2. The van der Waals surface area contributed by atoms with Crippen LogP contribution >= 0.6 is 24.8 Å². The Kier molecular flexibility index (Phi) is 5.47. The molecule has 0 aromatic heterocycles. The Labute approximate surface area is 92.1 Å². The van der Waals surface area contributed by atoms with Crippen LogP contribution < -0.4 is 0 Å². The Bertz CT molecular complexity index is 256. The standard InChI is InChI=1S/C7H11NO4S2/c1-8(7(13)14)4(6(11)12)2-3-5(9)10/h4H,2-3H2,1H3,(H,9,10)(H,11,12)(H,13,14). The van der Waals surface area contributed by atoms with Gasteiger partial charge in [-0.3, -0.25) is 4.79 Å². The van der Waals surface area contributed by atoms with Crippen LogP contribution in [0.2, 0.25) is 0 Å². The third kappa shape index (κ3) is 4.43. The Balaban J connectivity index is 4.37. The average molecular weight is 237 g/mol. The molecule has 0 aliphatic heterocycles. The molecule has 0 aromatic rings. The van der Waals surface area contributed by atoms with Crippen molar-refractivity contribution in [3.8, 4) is 0 Å². The largest absolute Gasteiger partial charge is 0.481 e. The lowest BCUT2D eigenvalue weighted by molar-refractivity contribution is -0.142. The summed E-state index contributed by atoms with van der Waals surface area (Å²) < 4.78 is 0.128. The molecule has 0 saturated carbocycles. The maximum atomic E-state index is 10.7. The van der Waals surface area contributed by atoms with E-state index in [9.17, 15) is 9.59 Å². The van der Waals surface area contributed by atoms with E-state index in [4.69, 9.17) is 10.2 Å². The molecule has 0 fully saturated rings. The molecule has 0 aromatic carbocycles. The van der Waals surface area contributed by atoms with Crippen LogP contribution in [-0.4, -0.2) is 44.5 Å². The van der Waals surface area contributed by atoms with E-state index in [0.717, 1.165) is 0 Å². The van der Waals surface area contributed by atoms with Gasteiger partial charge in [0.2, 0.25) is 0 Å². The highest BCUT2D eigenvalue weighted by Crippen LogP contribution is 2.08. The molecule has 5 nitrogen and oxygen atoms in total. The van der Waals surface area contributed by atoms with Crippen molar-refractivity contribution in [2.75, 3.05) is 7.05 Å². The fourth-order valence-corrected chi connectivity index (χ4v) is 1.14. The smallest absolute Gasteiger partial charge is 0.326 e. The van der Waals surface area contributed by atoms with Gasteiger partial charge in [-0.15, -0.1) is 12.6 Å². The van der Waals surface area contributed by atoms with E-state index in [1.165, 1.54) is 11.9 Å². The Morgan fingerprint density at radius 2 is 2.00 bits per heavy atom. The molecular weight excluding hydrogens is 226 g/mol. The zero-order valence-electron chi connectivity index (χ0n) is 7.51. The fraction of sp³-hybridized carbons (Fsp3) is 0.571. The van der Waals surface area contributed by atoms with Gasteiger partial charge < -0.3 is 15.1 Å². The average Bonchev–Trinajstić information content (AvgIpc) is 2.02. The van der Waals surface area contributed by atoms with Gasteiger partial charge in [-0.05, 0) is 6.42 Å². The number of thiocarbonyl (C=S) groups is 1. The summed E-state index contributed by atoms with van der Waals surface area (Å²) in [6.07, 6.45) is -0.209. The molecule has 0 rings (SSSR count). The van der Waals surface area contributed by atoms with Crippen LogP contribution in [0.5, 0.6) is 0 Å². The molecule has 0 spiro atoms. The normalized spacial score (nSPS) is 11.9. The summed E-state index contributed by atoms with van der Waals surface area (Å²) in [6, 6.07) is -0.934. The number of carboxylic acid groups (broad SMARTS) is 2. The van der Waals surface area contributed by atoms with E-state index >= 15 is 0 Å². The molecule has 80 valence electrons. The molecule has 0 aliphatic rings. The van der Waals surface area contributed by atoms with Crippen molar-refractivity contribution in [2.45, 2.75) is 18.9 Å². The van der Waals surface area contributed by atoms with Crippen LogP contribution in [0.25, 0.3) is 0 Å². The summed E-state index contributed by atoms with van der Waals surface area (Å²) in [7, 11) is 1.47. The monoisotopic (exact) mass is 237 g/mol. The first-order valence-corrected chi connectivity index (χ1v) is 4.62. The van der Waals surface area contributed by atoms with Gasteiger partial charge in [0.05, 0.1) is 0 Å². The number of carbonyl (C=O) groups is 2. The van der Waals surface area contributed by atoms with E-state index < -0.39 is 18.0 Å². The highest BCUT2D eigenvalue weighted by atomic mass is 32.1. The van der Waals surface area contributed by atoms with Crippen LogP contribution in [0.15, 0.2) is 0 Å². The van der Waals surface area contributed by atoms with Crippen LogP contribution in [0.3, 0.4) is 0 Å². The van der Waals surface area contributed by atoms with Gasteiger partial charge in [0, 0.05) is 13.5 Å². The third-order valence-corrected chi connectivity index (χ3v) is 2.29.